The van der Waals surface area contributed by atoms with Crippen molar-refractivity contribution in [2.45, 2.75) is 45.6 Å². The molecule has 1 N–H and O–H groups in total. The number of carboxylic acid groups (broad SMARTS) is 1. The summed E-state index contributed by atoms with van der Waals surface area (Å²) in [5, 5.41) is 9.05. The number of anilines is 1. The van der Waals surface area contributed by atoms with E-state index >= 15 is 0 Å². The summed E-state index contributed by atoms with van der Waals surface area (Å²) in [6.45, 7) is 4.88. The lowest BCUT2D eigenvalue weighted by molar-refractivity contribution is 0.0690. The van der Waals surface area contributed by atoms with Gasteiger partial charge < -0.3 is 10.0 Å². The summed E-state index contributed by atoms with van der Waals surface area (Å²) in [4.78, 5) is 21.7. The van der Waals surface area contributed by atoms with E-state index in [1.54, 1.807) is 0 Å². The van der Waals surface area contributed by atoms with Gasteiger partial charge in [0.1, 0.15) is 0 Å². The Morgan fingerprint density at radius 2 is 2.28 bits per heavy atom. The van der Waals surface area contributed by atoms with E-state index < -0.39 is 5.97 Å². The molecular weight excluding hydrogens is 230 g/mol. The zero-order chi connectivity index (χ0) is 13.1. The van der Waals surface area contributed by atoms with Gasteiger partial charge in [0.25, 0.3) is 0 Å². The van der Waals surface area contributed by atoms with Gasteiger partial charge in [-0.15, -0.1) is 0 Å². The molecule has 0 spiro atoms. The maximum absolute atomic E-state index is 11.0. The molecule has 1 saturated heterocycles. The van der Waals surface area contributed by atoms with E-state index in [0.717, 1.165) is 25.8 Å². The topological polar surface area (TPSA) is 66.3 Å². The highest BCUT2D eigenvalue weighted by atomic mass is 16.4. The molecule has 1 aromatic rings. The fourth-order valence-corrected chi connectivity index (χ4v) is 2.48. The summed E-state index contributed by atoms with van der Waals surface area (Å²) >= 11 is 0. The van der Waals surface area contributed by atoms with Crippen LogP contribution in [0.1, 0.15) is 48.8 Å². The molecule has 1 unspecified atom stereocenters. The minimum Gasteiger partial charge on any atom is -0.477 e. The lowest BCUT2D eigenvalue weighted by Crippen LogP contribution is -2.40. The number of hydrogen-bond acceptors (Lipinski definition) is 4. The standard InChI is InChI=1S/C13H19N3O2/c1-3-10-6-4-5-7-16(10)13-14-9(2)8-11(15-13)12(17)18/h8,10H,3-7H2,1-2H3,(H,17,18). The van der Waals surface area contributed by atoms with Crippen LogP contribution < -0.4 is 4.90 Å². The van der Waals surface area contributed by atoms with Gasteiger partial charge in [0.2, 0.25) is 5.95 Å². The van der Waals surface area contributed by atoms with Gasteiger partial charge in [-0.1, -0.05) is 6.92 Å². The van der Waals surface area contributed by atoms with Crippen LogP contribution in [-0.4, -0.2) is 33.6 Å². The first kappa shape index (κ1) is 12.8. The Kier molecular flexibility index (Phi) is 3.79. The molecule has 5 heteroatoms. The molecule has 0 amide bonds. The van der Waals surface area contributed by atoms with Gasteiger partial charge in [0, 0.05) is 18.3 Å². The average molecular weight is 249 g/mol. The number of aromatic carboxylic acids is 1. The Balaban J connectivity index is 2.33. The van der Waals surface area contributed by atoms with E-state index in [1.165, 1.54) is 12.5 Å². The number of aryl methyl sites for hydroxylation is 1. The third kappa shape index (κ3) is 2.60. The number of nitrogens with zero attached hydrogens (tertiary/aromatic N) is 3. The summed E-state index contributed by atoms with van der Waals surface area (Å²) in [5.74, 6) is -0.425. The smallest absolute Gasteiger partial charge is 0.354 e. The van der Waals surface area contributed by atoms with Crippen LogP contribution in [0, 0.1) is 6.92 Å². The quantitative estimate of drug-likeness (QED) is 0.890. The van der Waals surface area contributed by atoms with E-state index in [-0.39, 0.29) is 5.69 Å². The van der Waals surface area contributed by atoms with Crippen molar-refractivity contribution >= 4 is 11.9 Å². The molecule has 1 aliphatic heterocycles. The second kappa shape index (κ2) is 5.33. The molecule has 2 rings (SSSR count). The van der Waals surface area contributed by atoms with Gasteiger partial charge >= 0.3 is 5.97 Å². The summed E-state index contributed by atoms with van der Waals surface area (Å²) in [6, 6.07) is 1.94. The van der Waals surface area contributed by atoms with Gasteiger partial charge in [0.05, 0.1) is 0 Å². The zero-order valence-electron chi connectivity index (χ0n) is 10.9. The van der Waals surface area contributed by atoms with E-state index in [0.29, 0.717) is 17.7 Å². The first-order valence-electron chi connectivity index (χ1n) is 6.47. The van der Waals surface area contributed by atoms with E-state index in [4.69, 9.17) is 5.11 Å². The van der Waals surface area contributed by atoms with Gasteiger partial charge in [-0.05, 0) is 38.7 Å². The number of hydrogen-bond donors (Lipinski definition) is 1. The molecule has 5 nitrogen and oxygen atoms in total. The van der Waals surface area contributed by atoms with E-state index in [9.17, 15) is 4.79 Å². The third-order valence-corrected chi connectivity index (χ3v) is 3.42. The predicted molar refractivity (Wildman–Crippen MR) is 69.0 cm³/mol. The monoisotopic (exact) mass is 249 g/mol. The number of aromatic nitrogens is 2. The Hall–Kier alpha value is -1.65. The Bertz CT molecular complexity index is 448. The van der Waals surface area contributed by atoms with Crippen LogP contribution in [0.25, 0.3) is 0 Å². The van der Waals surface area contributed by atoms with Crippen LogP contribution in [0.2, 0.25) is 0 Å². The maximum Gasteiger partial charge on any atom is 0.354 e. The molecule has 1 aliphatic rings. The number of piperidine rings is 1. The molecule has 98 valence electrons. The number of carbonyl (C=O) groups is 1. The van der Waals surface area contributed by atoms with Crippen molar-refractivity contribution in [3.8, 4) is 0 Å². The molecular formula is C13H19N3O2. The fourth-order valence-electron chi connectivity index (χ4n) is 2.48. The molecule has 2 heterocycles. The summed E-state index contributed by atoms with van der Waals surface area (Å²) in [6.07, 6.45) is 4.53. The maximum atomic E-state index is 11.0. The van der Waals surface area contributed by atoms with Gasteiger partial charge in [-0.25, -0.2) is 14.8 Å². The summed E-state index contributed by atoms with van der Waals surface area (Å²) in [7, 11) is 0. The normalized spacial score (nSPS) is 19.9. The minimum absolute atomic E-state index is 0.0814. The van der Waals surface area contributed by atoms with Gasteiger partial charge in [-0.3, -0.25) is 0 Å². The minimum atomic E-state index is -0.994. The van der Waals surface area contributed by atoms with Crippen molar-refractivity contribution in [1.29, 1.82) is 0 Å². The molecule has 0 aliphatic carbocycles. The van der Waals surface area contributed by atoms with Crippen molar-refractivity contribution in [1.82, 2.24) is 9.97 Å². The molecule has 0 aromatic carbocycles. The van der Waals surface area contributed by atoms with Crippen molar-refractivity contribution in [2.75, 3.05) is 11.4 Å². The van der Waals surface area contributed by atoms with Crippen LogP contribution in [0.5, 0.6) is 0 Å². The highest BCUT2D eigenvalue weighted by molar-refractivity contribution is 5.85. The van der Waals surface area contributed by atoms with Crippen molar-refractivity contribution in [3.63, 3.8) is 0 Å². The van der Waals surface area contributed by atoms with Crippen molar-refractivity contribution in [2.24, 2.45) is 0 Å². The van der Waals surface area contributed by atoms with Crippen LogP contribution in [0.4, 0.5) is 5.95 Å². The second-order valence-corrected chi connectivity index (χ2v) is 4.75. The molecule has 0 saturated carbocycles. The largest absolute Gasteiger partial charge is 0.477 e. The highest BCUT2D eigenvalue weighted by Gasteiger charge is 2.24. The van der Waals surface area contributed by atoms with Gasteiger partial charge in [0.15, 0.2) is 5.69 Å². The lowest BCUT2D eigenvalue weighted by atomic mass is 10.0. The van der Waals surface area contributed by atoms with Crippen molar-refractivity contribution in [3.05, 3.63) is 17.5 Å². The molecule has 1 atom stereocenters. The first-order chi connectivity index (χ1) is 8.61. The molecule has 0 bridgehead atoms. The Morgan fingerprint density at radius 1 is 1.50 bits per heavy atom. The summed E-state index contributed by atoms with van der Waals surface area (Å²) in [5.41, 5.74) is 0.788. The highest BCUT2D eigenvalue weighted by Crippen LogP contribution is 2.24. The van der Waals surface area contributed by atoms with Crippen LogP contribution in [0.15, 0.2) is 6.07 Å². The predicted octanol–water partition coefficient (Wildman–Crippen LogP) is 2.25. The van der Waals surface area contributed by atoms with Crippen molar-refractivity contribution < 1.29 is 9.90 Å². The van der Waals surface area contributed by atoms with Crippen LogP contribution >= 0.6 is 0 Å². The Labute approximate surface area is 107 Å². The number of rotatable bonds is 3. The SMILES string of the molecule is CCC1CCCCN1c1nc(C)cc(C(=O)O)n1. The zero-order valence-corrected chi connectivity index (χ0v) is 10.9. The van der Waals surface area contributed by atoms with E-state index in [2.05, 4.69) is 21.8 Å². The molecule has 1 aromatic heterocycles. The second-order valence-electron chi connectivity index (χ2n) is 4.75. The molecule has 1 fully saturated rings. The third-order valence-electron chi connectivity index (χ3n) is 3.42. The van der Waals surface area contributed by atoms with Crippen LogP contribution in [0.3, 0.4) is 0 Å². The van der Waals surface area contributed by atoms with Crippen LogP contribution in [-0.2, 0) is 0 Å². The molecule has 18 heavy (non-hydrogen) atoms. The number of carboxylic acids is 1. The summed E-state index contributed by atoms with van der Waals surface area (Å²) < 4.78 is 0. The lowest BCUT2D eigenvalue weighted by Gasteiger charge is -2.35. The van der Waals surface area contributed by atoms with Gasteiger partial charge in [-0.2, -0.15) is 0 Å². The fraction of sp³-hybridized carbons (Fsp3) is 0.615. The van der Waals surface area contributed by atoms with E-state index in [1.807, 2.05) is 6.92 Å². The average Bonchev–Trinajstić information content (AvgIpc) is 2.38. The first-order valence-corrected chi connectivity index (χ1v) is 6.47. The Morgan fingerprint density at radius 3 is 2.94 bits per heavy atom. The molecule has 0 radical (unpaired) electrons.